The number of halogens is 1. The first-order valence-corrected chi connectivity index (χ1v) is 13.0. The van der Waals surface area contributed by atoms with Crippen LogP contribution in [0.1, 0.15) is 0 Å². The van der Waals surface area contributed by atoms with Crippen molar-refractivity contribution in [2.24, 2.45) is 0 Å². The number of hydrogen-bond donors (Lipinski definition) is 0. The van der Waals surface area contributed by atoms with Gasteiger partial charge in [-0.2, -0.15) is 0 Å². The third-order valence-corrected chi connectivity index (χ3v) is 8.89. The SMILES string of the molecule is F[B-]12n3c4ccccc4c4cccc(c43)-c3cncc([n+]31)-c1cccc3c4c5ccccc5ccc4n2c13. The van der Waals surface area contributed by atoms with E-state index in [1.165, 1.54) is 0 Å². The van der Waals surface area contributed by atoms with Crippen LogP contribution in [0.4, 0.5) is 4.32 Å². The van der Waals surface area contributed by atoms with Crippen LogP contribution in [-0.2, 0) is 0 Å². The molecule has 4 nitrogen and oxygen atoms in total. The number of hydrogen-bond acceptors (Lipinski definition) is 1. The van der Waals surface area contributed by atoms with Gasteiger partial charge in [0.1, 0.15) is 0 Å². The van der Waals surface area contributed by atoms with Gasteiger partial charge in [0.15, 0.2) is 11.4 Å². The average molecular weight is 488 g/mol. The third kappa shape index (κ3) is 1.88. The number of para-hydroxylation sites is 3. The summed E-state index contributed by atoms with van der Waals surface area (Å²) < 4.78 is 24.8. The number of nitrogens with zero attached hydrogens (tertiary/aromatic N) is 4. The lowest BCUT2D eigenvalue weighted by Gasteiger charge is -2.40. The van der Waals surface area contributed by atoms with E-state index in [0.29, 0.717) is 0 Å². The van der Waals surface area contributed by atoms with Crippen LogP contribution in [0.3, 0.4) is 0 Å². The highest BCUT2D eigenvalue weighted by molar-refractivity contribution is 6.68. The van der Waals surface area contributed by atoms with Gasteiger partial charge in [-0.05, 0) is 35.0 Å². The van der Waals surface area contributed by atoms with Gasteiger partial charge in [0, 0.05) is 43.6 Å². The first kappa shape index (κ1) is 19.2. The molecule has 5 heterocycles. The Morgan fingerprint density at radius 2 is 1.21 bits per heavy atom. The summed E-state index contributed by atoms with van der Waals surface area (Å²) in [6.45, 7) is -3.02. The molecule has 0 amide bonds. The van der Waals surface area contributed by atoms with Crippen molar-refractivity contribution in [1.82, 2.24) is 13.9 Å². The minimum Gasteiger partial charge on any atom is -0.400 e. The largest absolute Gasteiger partial charge is 0.667 e. The summed E-state index contributed by atoms with van der Waals surface area (Å²) in [5, 5.41) is 6.57. The Bertz CT molecular complexity index is 2380. The smallest absolute Gasteiger partial charge is 0.400 e. The topological polar surface area (TPSA) is 26.6 Å². The standard InChI is InChI=1S/C32H18BFN4/c34-33-36-28(23-11-5-10-22-21-9-3-4-14-26(21)37(33)31(22)23)17-35-18-29(36)24-12-6-13-25-30-20-8-2-1-7-19(20)15-16-27(30)38(33)32(24)25/h1-18H. The van der Waals surface area contributed by atoms with Crippen molar-refractivity contribution in [3.05, 3.63) is 109 Å². The molecule has 0 aliphatic carbocycles. The monoisotopic (exact) mass is 488 g/mol. The molecule has 0 saturated carbocycles. The lowest BCUT2D eigenvalue weighted by molar-refractivity contribution is -0.540. The first-order valence-electron chi connectivity index (χ1n) is 13.0. The molecule has 8 aromatic rings. The summed E-state index contributed by atoms with van der Waals surface area (Å²) in [7, 11) is 0. The molecule has 2 aliphatic heterocycles. The molecule has 0 radical (unpaired) electrons. The van der Waals surface area contributed by atoms with Crippen molar-refractivity contribution in [3.8, 4) is 22.5 Å². The number of rotatable bonds is 0. The van der Waals surface area contributed by atoms with Crippen molar-refractivity contribution >= 4 is 61.2 Å². The fourth-order valence-electron chi connectivity index (χ4n) is 7.55. The second-order valence-corrected chi connectivity index (χ2v) is 10.5. The van der Waals surface area contributed by atoms with E-state index in [4.69, 9.17) is 0 Å². The van der Waals surface area contributed by atoms with Crippen molar-refractivity contribution in [1.29, 1.82) is 0 Å². The predicted molar refractivity (Wildman–Crippen MR) is 152 cm³/mol. The molecule has 0 spiro atoms. The molecule has 0 fully saturated rings. The van der Waals surface area contributed by atoms with E-state index in [2.05, 4.69) is 83.8 Å². The molecule has 0 saturated heterocycles. The molecule has 1 unspecified atom stereocenters. The Balaban J connectivity index is 1.55. The van der Waals surface area contributed by atoms with Crippen LogP contribution in [0.5, 0.6) is 0 Å². The van der Waals surface area contributed by atoms with E-state index in [1.807, 2.05) is 44.0 Å². The second kappa shape index (κ2) is 6.11. The molecule has 0 N–H and O–H groups in total. The van der Waals surface area contributed by atoms with Gasteiger partial charge in [-0.25, -0.2) is 0 Å². The van der Waals surface area contributed by atoms with Gasteiger partial charge in [-0.1, -0.05) is 72.8 Å². The van der Waals surface area contributed by atoms with Crippen LogP contribution in [-0.4, -0.2) is 20.8 Å². The average Bonchev–Trinajstić information content (AvgIpc) is 3.50. The Morgan fingerprint density at radius 1 is 0.579 bits per heavy atom. The lowest BCUT2D eigenvalue weighted by Crippen LogP contribution is -2.75. The molecular weight excluding hydrogens is 470 g/mol. The minimum absolute atomic E-state index is 0.802. The molecule has 38 heavy (non-hydrogen) atoms. The molecule has 5 aromatic carbocycles. The summed E-state index contributed by atoms with van der Waals surface area (Å²) in [5.74, 6) is 0. The zero-order valence-corrected chi connectivity index (χ0v) is 20.1. The summed E-state index contributed by atoms with van der Waals surface area (Å²) in [6.07, 6.45) is 3.65. The molecular formula is C32H18BFN4. The summed E-state index contributed by atoms with van der Waals surface area (Å²) >= 11 is 0. The normalized spacial score (nSPS) is 17.2. The van der Waals surface area contributed by atoms with Gasteiger partial charge in [0.05, 0.1) is 23.5 Å². The van der Waals surface area contributed by atoms with Gasteiger partial charge < -0.3 is 17.7 Å². The highest BCUT2D eigenvalue weighted by Crippen LogP contribution is 2.47. The maximum absolute atomic E-state index is 19.0. The van der Waals surface area contributed by atoms with E-state index >= 15 is 4.32 Å². The maximum atomic E-state index is 19.0. The molecule has 2 aliphatic rings. The van der Waals surface area contributed by atoms with E-state index in [0.717, 1.165) is 76.9 Å². The lowest BCUT2D eigenvalue weighted by atomic mass is 9.75. The van der Waals surface area contributed by atoms with Gasteiger partial charge in [0.25, 0.3) is 0 Å². The van der Waals surface area contributed by atoms with Gasteiger partial charge in [-0.3, -0.25) is 4.98 Å². The number of aromatic nitrogens is 4. The van der Waals surface area contributed by atoms with Crippen LogP contribution in [0.25, 0.3) is 76.9 Å². The Morgan fingerprint density at radius 3 is 2.03 bits per heavy atom. The van der Waals surface area contributed by atoms with Crippen molar-refractivity contribution < 1.29 is 8.79 Å². The van der Waals surface area contributed by atoms with E-state index in [9.17, 15) is 0 Å². The summed E-state index contributed by atoms with van der Waals surface area (Å²) in [5.41, 5.74) is 7.25. The minimum atomic E-state index is -3.02. The number of benzene rings is 5. The quantitative estimate of drug-likeness (QED) is 0.210. The van der Waals surface area contributed by atoms with Gasteiger partial charge >= 0.3 is 6.83 Å². The molecule has 1 atom stereocenters. The number of fused-ring (bicyclic) bond motifs is 12. The first-order chi connectivity index (χ1) is 18.8. The Labute approximate surface area is 215 Å². The van der Waals surface area contributed by atoms with Crippen LogP contribution in [0.2, 0.25) is 0 Å². The van der Waals surface area contributed by atoms with Crippen LogP contribution < -0.4 is 4.48 Å². The summed E-state index contributed by atoms with van der Waals surface area (Å²) in [6, 6.07) is 33.4. The van der Waals surface area contributed by atoms with Crippen LogP contribution >= 0.6 is 0 Å². The molecule has 6 heteroatoms. The van der Waals surface area contributed by atoms with Gasteiger partial charge in [0.2, 0.25) is 0 Å². The Kier molecular flexibility index (Phi) is 3.09. The zero-order chi connectivity index (χ0) is 24.7. The highest BCUT2D eigenvalue weighted by Gasteiger charge is 2.56. The maximum Gasteiger partial charge on any atom is 0.667 e. The van der Waals surface area contributed by atoms with Crippen LogP contribution in [0.15, 0.2) is 109 Å². The van der Waals surface area contributed by atoms with E-state index in [-0.39, 0.29) is 0 Å². The van der Waals surface area contributed by atoms with E-state index < -0.39 is 6.83 Å². The fourth-order valence-corrected chi connectivity index (χ4v) is 7.55. The fraction of sp³-hybridized carbons (Fsp3) is 0. The molecule has 176 valence electrons. The van der Waals surface area contributed by atoms with Gasteiger partial charge in [-0.15, -0.1) is 0 Å². The third-order valence-electron chi connectivity index (χ3n) is 8.89. The second-order valence-electron chi connectivity index (χ2n) is 10.5. The van der Waals surface area contributed by atoms with Crippen molar-refractivity contribution in [3.63, 3.8) is 0 Å². The van der Waals surface area contributed by atoms with Crippen LogP contribution in [0, 0.1) is 0 Å². The zero-order valence-electron chi connectivity index (χ0n) is 20.1. The Hall–Kier alpha value is -4.97. The predicted octanol–water partition coefficient (Wildman–Crippen LogP) is 7.05. The molecule has 3 aromatic heterocycles. The molecule has 0 bridgehead atoms. The van der Waals surface area contributed by atoms with Crippen molar-refractivity contribution in [2.75, 3.05) is 0 Å². The van der Waals surface area contributed by atoms with Crippen molar-refractivity contribution in [2.45, 2.75) is 0 Å². The molecule has 10 rings (SSSR count). The summed E-state index contributed by atoms with van der Waals surface area (Å²) in [4.78, 5) is 4.65. The highest BCUT2D eigenvalue weighted by atomic mass is 19.1. The van der Waals surface area contributed by atoms with E-state index in [1.54, 1.807) is 0 Å².